The predicted molar refractivity (Wildman–Crippen MR) is 70.4 cm³/mol. The Balaban J connectivity index is 2.05. The summed E-state index contributed by atoms with van der Waals surface area (Å²) >= 11 is 1.73. The first-order valence-electron chi connectivity index (χ1n) is 5.93. The molecule has 0 atom stereocenters. The van der Waals surface area contributed by atoms with Crippen molar-refractivity contribution in [1.82, 2.24) is 0 Å². The van der Waals surface area contributed by atoms with Crippen molar-refractivity contribution in [2.45, 2.75) is 31.6 Å². The molecule has 2 heteroatoms. The maximum atomic E-state index is 11.9. The topological polar surface area (TPSA) is 17.1 Å². The van der Waals surface area contributed by atoms with Crippen LogP contribution >= 0.6 is 11.8 Å². The SMILES string of the molecule is CSCCC(=O)c1cccc(C2CCC2)c1. The molecule has 1 aromatic carbocycles. The number of benzene rings is 1. The van der Waals surface area contributed by atoms with Crippen LogP contribution in [0.25, 0.3) is 0 Å². The number of Topliss-reactive ketones (excluding diaryl/α,β-unsaturated/α-hetero) is 1. The molecule has 1 saturated carbocycles. The first-order valence-corrected chi connectivity index (χ1v) is 7.32. The van der Waals surface area contributed by atoms with E-state index >= 15 is 0 Å². The fraction of sp³-hybridized carbons (Fsp3) is 0.500. The monoisotopic (exact) mass is 234 g/mol. The first kappa shape index (κ1) is 11.7. The largest absolute Gasteiger partial charge is 0.294 e. The second-order valence-corrected chi connectivity index (χ2v) is 5.40. The lowest BCUT2D eigenvalue weighted by Gasteiger charge is -2.26. The van der Waals surface area contributed by atoms with E-state index in [2.05, 4.69) is 12.1 Å². The number of thioether (sulfide) groups is 1. The van der Waals surface area contributed by atoms with E-state index in [0.29, 0.717) is 12.3 Å². The van der Waals surface area contributed by atoms with Gasteiger partial charge in [-0.2, -0.15) is 11.8 Å². The van der Waals surface area contributed by atoms with Gasteiger partial charge in [0, 0.05) is 17.7 Å². The highest BCUT2D eigenvalue weighted by atomic mass is 32.2. The van der Waals surface area contributed by atoms with Gasteiger partial charge < -0.3 is 0 Å². The van der Waals surface area contributed by atoms with Crippen molar-refractivity contribution in [1.29, 1.82) is 0 Å². The van der Waals surface area contributed by atoms with Gasteiger partial charge in [-0.25, -0.2) is 0 Å². The summed E-state index contributed by atoms with van der Waals surface area (Å²) < 4.78 is 0. The Morgan fingerprint density at radius 3 is 2.88 bits per heavy atom. The lowest BCUT2D eigenvalue weighted by atomic mass is 9.79. The Hall–Kier alpha value is -0.760. The van der Waals surface area contributed by atoms with Crippen LogP contribution in [0, 0.1) is 0 Å². The molecule has 2 rings (SSSR count). The summed E-state index contributed by atoms with van der Waals surface area (Å²) in [6.45, 7) is 0. The minimum absolute atomic E-state index is 0.288. The van der Waals surface area contributed by atoms with Crippen molar-refractivity contribution in [3.8, 4) is 0 Å². The Bertz CT molecular complexity index is 369. The molecule has 0 unspecified atom stereocenters. The number of ketones is 1. The van der Waals surface area contributed by atoms with E-state index in [9.17, 15) is 4.79 Å². The van der Waals surface area contributed by atoms with Gasteiger partial charge in [-0.1, -0.05) is 24.6 Å². The summed E-state index contributed by atoms with van der Waals surface area (Å²) in [4.78, 5) is 11.9. The van der Waals surface area contributed by atoms with Gasteiger partial charge in [-0.3, -0.25) is 4.79 Å². The molecule has 1 fully saturated rings. The maximum Gasteiger partial charge on any atom is 0.163 e. The van der Waals surface area contributed by atoms with Gasteiger partial charge in [-0.05, 0) is 36.6 Å². The smallest absolute Gasteiger partial charge is 0.163 e. The van der Waals surface area contributed by atoms with Crippen molar-refractivity contribution in [3.05, 3.63) is 35.4 Å². The van der Waals surface area contributed by atoms with Crippen molar-refractivity contribution < 1.29 is 4.79 Å². The average molecular weight is 234 g/mol. The van der Waals surface area contributed by atoms with Crippen LogP contribution in [-0.4, -0.2) is 17.8 Å². The summed E-state index contributed by atoms with van der Waals surface area (Å²) in [5.41, 5.74) is 2.26. The highest BCUT2D eigenvalue weighted by molar-refractivity contribution is 7.98. The van der Waals surface area contributed by atoms with Crippen LogP contribution in [0.2, 0.25) is 0 Å². The van der Waals surface area contributed by atoms with E-state index in [4.69, 9.17) is 0 Å². The third-order valence-electron chi connectivity index (χ3n) is 3.32. The molecule has 0 aliphatic heterocycles. The normalized spacial score (nSPS) is 15.8. The molecule has 86 valence electrons. The molecule has 0 N–H and O–H groups in total. The van der Waals surface area contributed by atoms with Crippen LogP contribution in [0.4, 0.5) is 0 Å². The second kappa shape index (κ2) is 5.53. The lowest BCUT2D eigenvalue weighted by molar-refractivity contribution is 0.0989. The van der Waals surface area contributed by atoms with Gasteiger partial charge in [0.1, 0.15) is 0 Å². The van der Waals surface area contributed by atoms with Crippen LogP contribution in [0.3, 0.4) is 0 Å². The molecule has 0 saturated heterocycles. The van der Waals surface area contributed by atoms with Gasteiger partial charge in [-0.15, -0.1) is 0 Å². The van der Waals surface area contributed by atoms with Gasteiger partial charge in [0.2, 0.25) is 0 Å². The molecular weight excluding hydrogens is 216 g/mol. The van der Waals surface area contributed by atoms with E-state index in [1.807, 2.05) is 18.4 Å². The Kier molecular flexibility index (Phi) is 4.05. The van der Waals surface area contributed by atoms with Gasteiger partial charge in [0.15, 0.2) is 5.78 Å². The van der Waals surface area contributed by atoms with E-state index in [1.54, 1.807) is 11.8 Å². The molecule has 0 spiro atoms. The predicted octanol–water partition coefficient (Wildman–Crippen LogP) is 3.89. The van der Waals surface area contributed by atoms with Crippen molar-refractivity contribution in [3.63, 3.8) is 0 Å². The van der Waals surface area contributed by atoms with E-state index < -0.39 is 0 Å². The zero-order valence-corrected chi connectivity index (χ0v) is 10.6. The summed E-state index contributed by atoms with van der Waals surface area (Å²) in [6.07, 6.45) is 6.63. The third kappa shape index (κ3) is 2.67. The van der Waals surface area contributed by atoms with Gasteiger partial charge in [0.25, 0.3) is 0 Å². The zero-order valence-electron chi connectivity index (χ0n) is 9.74. The van der Waals surface area contributed by atoms with Crippen LogP contribution < -0.4 is 0 Å². The number of carbonyl (C=O) groups excluding carboxylic acids is 1. The summed E-state index contributed by atoms with van der Waals surface area (Å²) in [5, 5.41) is 0. The highest BCUT2D eigenvalue weighted by Crippen LogP contribution is 2.36. The third-order valence-corrected chi connectivity index (χ3v) is 3.93. The average Bonchev–Trinajstić information content (AvgIpc) is 2.24. The molecule has 1 nitrogen and oxygen atoms in total. The number of hydrogen-bond donors (Lipinski definition) is 0. The summed E-state index contributed by atoms with van der Waals surface area (Å²) in [7, 11) is 0. The molecule has 0 radical (unpaired) electrons. The summed E-state index contributed by atoms with van der Waals surface area (Å²) in [6, 6.07) is 8.24. The number of carbonyl (C=O) groups is 1. The van der Waals surface area contributed by atoms with Crippen LogP contribution in [0.1, 0.15) is 47.5 Å². The van der Waals surface area contributed by atoms with E-state index in [-0.39, 0.29) is 5.78 Å². The Labute approximate surface area is 102 Å². The molecule has 0 bridgehead atoms. The van der Waals surface area contributed by atoms with Gasteiger partial charge >= 0.3 is 0 Å². The summed E-state index contributed by atoms with van der Waals surface area (Å²) in [5.74, 6) is 1.93. The molecule has 16 heavy (non-hydrogen) atoms. The molecule has 0 amide bonds. The van der Waals surface area contributed by atoms with Crippen molar-refractivity contribution in [2.24, 2.45) is 0 Å². The van der Waals surface area contributed by atoms with Crippen LogP contribution in [-0.2, 0) is 0 Å². The number of rotatable bonds is 5. The van der Waals surface area contributed by atoms with E-state index in [0.717, 1.165) is 11.3 Å². The standard InChI is InChI=1S/C14H18OS/c1-16-9-8-14(15)13-7-3-6-12(10-13)11-4-2-5-11/h3,6-7,10-11H,2,4-5,8-9H2,1H3. The van der Waals surface area contributed by atoms with Crippen LogP contribution in [0.5, 0.6) is 0 Å². The van der Waals surface area contributed by atoms with Crippen LogP contribution in [0.15, 0.2) is 24.3 Å². The molecule has 0 heterocycles. The zero-order chi connectivity index (χ0) is 11.4. The molecular formula is C14H18OS. The lowest BCUT2D eigenvalue weighted by Crippen LogP contribution is -2.10. The maximum absolute atomic E-state index is 11.9. The molecule has 1 aliphatic carbocycles. The highest BCUT2D eigenvalue weighted by Gasteiger charge is 2.20. The van der Waals surface area contributed by atoms with Crippen molar-refractivity contribution >= 4 is 17.5 Å². The minimum atomic E-state index is 0.288. The fourth-order valence-corrected chi connectivity index (χ4v) is 2.44. The molecule has 0 aromatic heterocycles. The fourth-order valence-electron chi connectivity index (χ4n) is 2.05. The second-order valence-electron chi connectivity index (χ2n) is 4.42. The van der Waals surface area contributed by atoms with Crippen molar-refractivity contribution in [2.75, 3.05) is 12.0 Å². The first-order chi connectivity index (χ1) is 7.81. The van der Waals surface area contributed by atoms with Gasteiger partial charge in [0.05, 0.1) is 0 Å². The molecule has 1 aromatic rings. The molecule has 1 aliphatic rings. The number of hydrogen-bond acceptors (Lipinski definition) is 2. The minimum Gasteiger partial charge on any atom is -0.294 e. The Morgan fingerprint density at radius 1 is 1.44 bits per heavy atom. The Morgan fingerprint density at radius 2 is 2.25 bits per heavy atom. The van der Waals surface area contributed by atoms with E-state index in [1.165, 1.54) is 24.8 Å². The quantitative estimate of drug-likeness (QED) is 0.719.